The zero-order chi connectivity index (χ0) is 23.2. The molecule has 1 heterocycles. The van der Waals surface area contributed by atoms with Gasteiger partial charge in [-0.2, -0.15) is 10.2 Å². The lowest BCUT2D eigenvalue weighted by atomic mass is 10.1. The van der Waals surface area contributed by atoms with Gasteiger partial charge in [0.25, 0.3) is 5.91 Å². The van der Waals surface area contributed by atoms with Crippen molar-refractivity contribution in [3.05, 3.63) is 115 Å². The molecule has 4 aromatic carbocycles. The van der Waals surface area contributed by atoms with Gasteiger partial charge in [0, 0.05) is 17.3 Å². The van der Waals surface area contributed by atoms with Crippen LogP contribution in [0.3, 0.4) is 0 Å². The summed E-state index contributed by atoms with van der Waals surface area (Å²) in [6, 6.07) is 33.4. The van der Waals surface area contributed by atoms with Crippen LogP contribution in [0.25, 0.3) is 27.7 Å². The summed E-state index contributed by atoms with van der Waals surface area (Å²) < 4.78 is 7.43. The zero-order valence-electron chi connectivity index (χ0n) is 18.3. The van der Waals surface area contributed by atoms with E-state index >= 15 is 0 Å². The molecule has 0 spiro atoms. The first kappa shape index (κ1) is 21.2. The largest absolute Gasteiger partial charge is 0.484 e. The summed E-state index contributed by atoms with van der Waals surface area (Å²) in [5.74, 6) is 0.287. The van der Waals surface area contributed by atoms with E-state index in [0.717, 1.165) is 33.3 Å². The summed E-state index contributed by atoms with van der Waals surface area (Å²) in [4.78, 5) is 12.3. The van der Waals surface area contributed by atoms with Gasteiger partial charge in [0.15, 0.2) is 6.61 Å². The minimum atomic E-state index is -0.346. The number of para-hydroxylation sites is 1. The van der Waals surface area contributed by atoms with Gasteiger partial charge in [0.2, 0.25) is 0 Å². The topological polar surface area (TPSA) is 68.5 Å². The summed E-state index contributed by atoms with van der Waals surface area (Å²) >= 11 is 0. The van der Waals surface area contributed by atoms with E-state index in [2.05, 4.69) is 10.5 Å². The van der Waals surface area contributed by atoms with Gasteiger partial charge < -0.3 is 4.74 Å². The van der Waals surface area contributed by atoms with Crippen molar-refractivity contribution in [2.45, 2.75) is 0 Å². The van der Waals surface area contributed by atoms with Gasteiger partial charge >= 0.3 is 0 Å². The second-order valence-electron chi connectivity index (χ2n) is 7.67. The van der Waals surface area contributed by atoms with Crippen LogP contribution in [0.1, 0.15) is 5.56 Å². The molecular formula is C28H22N4O2. The van der Waals surface area contributed by atoms with Gasteiger partial charge in [0.05, 0.1) is 11.9 Å². The molecule has 0 unspecified atom stereocenters. The highest BCUT2D eigenvalue weighted by molar-refractivity contribution is 5.90. The molecule has 0 aliphatic carbocycles. The Balaban J connectivity index is 1.28. The Bertz CT molecular complexity index is 1440. The molecule has 166 valence electrons. The van der Waals surface area contributed by atoms with Crippen LogP contribution in [0.5, 0.6) is 5.75 Å². The predicted molar refractivity (Wildman–Crippen MR) is 134 cm³/mol. The Morgan fingerprint density at radius 2 is 1.59 bits per heavy atom. The smallest absolute Gasteiger partial charge is 0.277 e. The number of hydrogen-bond acceptors (Lipinski definition) is 4. The molecule has 0 radical (unpaired) electrons. The first-order chi connectivity index (χ1) is 16.8. The predicted octanol–water partition coefficient (Wildman–Crippen LogP) is 5.22. The van der Waals surface area contributed by atoms with Crippen molar-refractivity contribution in [3.63, 3.8) is 0 Å². The summed E-state index contributed by atoms with van der Waals surface area (Å²) in [7, 11) is 0. The first-order valence-electron chi connectivity index (χ1n) is 10.9. The number of carbonyl (C=O) groups excluding carboxylic acids is 1. The Hall–Kier alpha value is -4.71. The number of nitrogens with zero attached hydrogens (tertiary/aromatic N) is 3. The van der Waals surface area contributed by atoms with Crippen molar-refractivity contribution in [2.24, 2.45) is 5.10 Å². The SMILES string of the molecule is O=C(COc1ccc2ccccc2c1)N/N=C\c1cn(-c2ccccc2)nc1-c1ccccc1. The summed E-state index contributed by atoms with van der Waals surface area (Å²) in [6.45, 7) is -0.134. The van der Waals surface area contributed by atoms with Crippen LogP contribution < -0.4 is 10.2 Å². The Morgan fingerprint density at radius 1 is 0.882 bits per heavy atom. The second-order valence-corrected chi connectivity index (χ2v) is 7.67. The number of rotatable bonds is 7. The number of fused-ring (bicyclic) bond motifs is 1. The van der Waals surface area contributed by atoms with E-state index in [9.17, 15) is 4.79 Å². The normalized spacial score (nSPS) is 11.1. The number of nitrogens with one attached hydrogen (secondary N) is 1. The van der Waals surface area contributed by atoms with Crippen LogP contribution in [0.15, 0.2) is 114 Å². The molecule has 1 N–H and O–H groups in total. The molecule has 0 fully saturated rings. The summed E-state index contributed by atoms with van der Waals surface area (Å²) in [5, 5.41) is 11.1. The highest BCUT2D eigenvalue weighted by Crippen LogP contribution is 2.23. The minimum absolute atomic E-state index is 0.134. The van der Waals surface area contributed by atoms with Gasteiger partial charge in [-0.05, 0) is 35.0 Å². The van der Waals surface area contributed by atoms with E-state index in [-0.39, 0.29) is 12.5 Å². The average Bonchev–Trinajstić information content (AvgIpc) is 3.32. The number of hydrogen-bond donors (Lipinski definition) is 1. The number of aromatic nitrogens is 2. The molecule has 1 aromatic heterocycles. The molecule has 1 amide bonds. The van der Waals surface area contributed by atoms with Gasteiger partial charge in [-0.3, -0.25) is 4.79 Å². The fraction of sp³-hybridized carbons (Fsp3) is 0.0357. The maximum atomic E-state index is 12.3. The minimum Gasteiger partial charge on any atom is -0.484 e. The lowest BCUT2D eigenvalue weighted by Gasteiger charge is -2.06. The van der Waals surface area contributed by atoms with Crippen molar-refractivity contribution in [2.75, 3.05) is 6.61 Å². The number of ether oxygens (including phenoxy) is 1. The standard InChI is InChI=1S/C28H22N4O2/c33-27(20-34-26-16-15-21-9-7-8-12-23(21)17-26)30-29-18-24-19-32(25-13-5-2-6-14-25)31-28(24)22-10-3-1-4-11-22/h1-19H,20H2,(H,30,33)/b29-18-. The molecule has 6 nitrogen and oxygen atoms in total. The molecule has 5 rings (SSSR count). The van der Waals surface area contributed by atoms with E-state index in [1.807, 2.05) is 109 Å². The molecule has 6 heteroatoms. The maximum absolute atomic E-state index is 12.3. The highest BCUT2D eigenvalue weighted by atomic mass is 16.5. The number of amides is 1. The number of hydrazone groups is 1. The van der Waals surface area contributed by atoms with Crippen LogP contribution in [-0.4, -0.2) is 28.5 Å². The molecule has 0 atom stereocenters. The fourth-order valence-electron chi connectivity index (χ4n) is 3.63. The molecule has 34 heavy (non-hydrogen) atoms. The van der Waals surface area contributed by atoms with E-state index in [4.69, 9.17) is 9.84 Å². The maximum Gasteiger partial charge on any atom is 0.277 e. The Labute approximate surface area is 197 Å². The first-order valence-corrected chi connectivity index (χ1v) is 10.9. The third kappa shape index (κ3) is 4.86. The Kier molecular flexibility index (Phi) is 6.12. The second kappa shape index (κ2) is 9.83. The fourth-order valence-corrected chi connectivity index (χ4v) is 3.63. The molecule has 0 bridgehead atoms. The van der Waals surface area contributed by atoms with Crippen LogP contribution in [-0.2, 0) is 4.79 Å². The quantitative estimate of drug-likeness (QED) is 0.275. The van der Waals surface area contributed by atoms with Crippen molar-refractivity contribution >= 4 is 22.9 Å². The van der Waals surface area contributed by atoms with Crippen molar-refractivity contribution < 1.29 is 9.53 Å². The third-order valence-corrected chi connectivity index (χ3v) is 5.29. The van der Waals surface area contributed by atoms with E-state index in [1.165, 1.54) is 0 Å². The van der Waals surface area contributed by atoms with E-state index in [1.54, 1.807) is 10.9 Å². The molecule has 0 saturated heterocycles. The molecule has 0 aliphatic rings. The molecule has 0 saturated carbocycles. The summed E-state index contributed by atoms with van der Waals surface area (Å²) in [5.41, 5.74) is 5.99. The van der Waals surface area contributed by atoms with Gasteiger partial charge in [0.1, 0.15) is 11.4 Å². The molecular weight excluding hydrogens is 424 g/mol. The lowest BCUT2D eigenvalue weighted by Crippen LogP contribution is -2.24. The van der Waals surface area contributed by atoms with Crippen molar-refractivity contribution in [1.29, 1.82) is 0 Å². The van der Waals surface area contributed by atoms with Gasteiger partial charge in [-0.15, -0.1) is 0 Å². The lowest BCUT2D eigenvalue weighted by molar-refractivity contribution is -0.123. The number of carbonyl (C=O) groups is 1. The van der Waals surface area contributed by atoms with Crippen LogP contribution >= 0.6 is 0 Å². The Morgan fingerprint density at radius 3 is 2.38 bits per heavy atom. The van der Waals surface area contributed by atoms with Gasteiger partial charge in [-0.25, -0.2) is 10.1 Å². The monoisotopic (exact) mass is 446 g/mol. The third-order valence-electron chi connectivity index (χ3n) is 5.29. The van der Waals surface area contributed by atoms with Crippen molar-refractivity contribution in [3.8, 4) is 22.7 Å². The van der Waals surface area contributed by atoms with Crippen molar-refractivity contribution in [1.82, 2.24) is 15.2 Å². The molecule has 5 aromatic rings. The average molecular weight is 447 g/mol. The van der Waals surface area contributed by atoms with E-state index < -0.39 is 0 Å². The summed E-state index contributed by atoms with van der Waals surface area (Å²) in [6.07, 6.45) is 3.49. The van der Waals surface area contributed by atoms with E-state index in [0.29, 0.717) is 5.75 Å². The number of benzene rings is 4. The van der Waals surface area contributed by atoms with Crippen LogP contribution in [0, 0.1) is 0 Å². The molecule has 0 aliphatic heterocycles. The zero-order valence-corrected chi connectivity index (χ0v) is 18.3. The van der Waals surface area contributed by atoms with Gasteiger partial charge in [-0.1, -0.05) is 78.9 Å². The van der Waals surface area contributed by atoms with Crippen LogP contribution in [0.4, 0.5) is 0 Å². The van der Waals surface area contributed by atoms with Crippen LogP contribution in [0.2, 0.25) is 0 Å². The highest BCUT2D eigenvalue weighted by Gasteiger charge is 2.11.